The molecule has 0 bridgehead atoms. The Bertz CT molecular complexity index is 828. The summed E-state index contributed by atoms with van der Waals surface area (Å²) in [4.78, 5) is 26.6. The number of para-hydroxylation sites is 1. The van der Waals surface area contributed by atoms with Gasteiger partial charge in [-0.15, -0.1) is 0 Å². The predicted molar refractivity (Wildman–Crippen MR) is 113 cm³/mol. The summed E-state index contributed by atoms with van der Waals surface area (Å²) in [5, 5.41) is 8.50. The van der Waals surface area contributed by atoms with Crippen molar-refractivity contribution < 1.29 is 9.59 Å². The van der Waals surface area contributed by atoms with E-state index in [1.54, 1.807) is 0 Å². The van der Waals surface area contributed by atoms with Crippen molar-refractivity contribution in [1.29, 1.82) is 0 Å². The van der Waals surface area contributed by atoms with E-state index in [0.29, 0.717) is 0 Å². The Labute approximate surface area is 166 Å². The van der Waals surface area contributed by atoms with Crippen LogP contribution in [-0.2, 0) is 4.79 Å². The van der Waals surface area contributed by atoms with Crippen LogP contribution >= 0.6 is 0 Å². The van der Waals surface area contributed by atoms with Crippen molar-refractivity contribution in [1.82, 2.24) is 10.6 Å². The van der Waals surface area contributed by atoms with Crippen LogP contribution in [0.15, 0.2) is 42.5 Å². The van der Waals surface area contributed by atoms with Crippen molar-refractivity contribution in [2.75, 3.05) is 29.9 Å². The van der Waals surface area contributed by atoms with Crippen LogP contribution in [0.1, 0.15) is 23.1 Å². The largest absolute Gasteiger partial charge is 0.369 e. The van der Waals surface area contributed by atoms with Crippen molar-refractivity contribution in [2.24, 2.45) is 0 Å². The van der Waals surface area contributed by atoms with Gasteiger partial charge in [0.15, 0.2) is 0 Å². The van der Waals surface area contributed by atoms with E-state index in [4.69, 9.17) is 0 Å². The molecule has 1 fully saturated rings. The van der Waals surface area contributed by atoms with E-state index < -0.39 is 0 Å². The molecule has 1 saturated heterocycles. The normalized spacial score (nSPS) is 16.0. The SMILES string of the molecule is Cc1cc(C)c(NC(=O)CNC(=O)NC2CCN(c3ccccc3)C2)c(C)c1. The molecule has 28 heavy (non-hydrogen) atoms. The first-order valence-electron chi connectivity index (χ1n) is 9.64. The van der Waals surface area contributed by atoms with Gasteiger partial charge in [0.05, 0.1) is 6.54 Å². The van der Waals surface area contributed by atoms with Crippen molar-refractivity contribution in [3.8, 4) is 0 Å². The molecule has 1 aliphatic heterocycles. The predicted octanol–water partition coefficient (Wildman–Crippen LogP) is 3.13. The van der Waals surface area contributed by atoms with E-state index in [0.717, 1.165) is 47.6 Å². The first-order valence-corrected chi connectivity index (χ1v) is 9.64. The molecule has 1 atom stereocenters. The van der Waals surface area contributed by atoms with Crippen LogP contribution in [0.3, 0.4) is 0 Å². The molecule has 6 nitrogen and oxygen atoms in total. The second-order valence-corrected chi connectivity index (χ2v) is 7.42. The molecular formula is C22H28N4O2. The van der Waals surface area contributed by atoms with Crippen LogP contribution in [-0.4, -0.2) is 37.6 Å². The number of aryl methyl sites for hydroxylation is 3. The second-order valence-electron chi connectivity index (χ2n) is 7.42. The smallest absolute Gasteiger partial charge is 0.315 e. The molecule has 0 aromatic heterocycles. The van der Waals surface area contributed by atoms with E-state index in [1.165, 1.54) is 0 Å². The Morgan fingerprint density at radius 2 is 1.75 bits per heavy atom. The number of nitrogens with zero attached hydrogens (tertiary/aromatic N) is 1. The molecule has 2 aromatic carbocycles. The van der Waals surface area contributed by atoms with E-state index in [1.807, 2.05) is 51.1 Å². The quantitative estimate of drug-likeness (QED) is 0.746. The monoisotopic (exact) mass is 380 g/mol. The highest BCUT2D eigenvalue weighted by Gasteiger charge is 2.24. The van der Waals surface area contributed by atoms with Crippen LogP contribution in [0.5, 0.6) is 0 Å². The molecule has 1 unspecified atom stereocenters. The van der Waals surface area contributed by atoms with Crippen molar-refractivity contribution in [3.63, 3.8) is 0 Å². The number of rotatable bonds is 5. The first-order chi connectivity index (χ1) is 13.4. The van der Waals surface area contributed by atoms with Crippen LogP contribution in [0.25, 0.3) is 0 Å². The number of hydrogen-bond acceptors (Lipinski definition) is 3. The summed E-state index contributed by atoms with van der Waals surface area (Å²) in [5.74, 6) is -0.234. The Balaban J connectivity index is 1.44. The van der Waals surface area contributed by atoms with E-state index in [2.05, 4.69) is 33.0 Å². The fourth-order valence-electron chi connectivity index (χ4n) is 3.71. The third kappa shape index (κ3) is 5.03. The van der Waals surface area contributed by atoms with Gasteiger partial charge in [0, 0.05) is 30.5 Å². The number of carbonyl (C=O) groups excluding carboxylic acids is 2. The van der Waals surface area contributed by atoms with Crippen molar-refractivity contribution >= 4 is 23.3 Å². The Hall–Kier alpha value is -3.02. The van der Waals surface area contributed by atoms with Gasteiger partial charge in [-0.05, 0) is 50.5 Å². The standard InChI is InChI=1S/C22H28N4O2/c1-15-11-16(2)21(17(3)12-15)25-20(27)13-23-22(28)24-18-9-10-26(14-18)19-7-5-4-6-8-19/h4-8,11-12,18H,9-10,13-14H2,1-3H3,(H,25,27)(H2,23,24,28). The highest BCUT2D eigenvalue weighted by Crippen LogP contribution is 2.22. The third-order valence-electron chi connectivity index (χ3n) is 5.00. The maximum atomic E-state index is 12.2. The molecule has 6 heteroatoms. The molecule has 3 amide bonds. The zero-order valence-corrected chi connectivity index (χ0v) is 16.7. The lowest BCUT2D eigenvalue weighted by Gasteiger charge is -2.19. The van der Waals surface area contributed by atoms with Gasteiger partial charge in [-0.2, -0.15) is 0 Å². The lowest BCUT2D eigenvalue weighted by Crippen LogP contribution is -2.45. The molecule has 0 saturated carbocycles. The number of carbonyl (C=O) groups is 2. The van der Waals surface area contributed by atoms with E-state index in [-0.39, 0.29) is 24.5 Å². The molecule has 3 rings (SSSR count). The number of urea groups is 1. The van der Waals surface area contributed by atoms with Gasteiger partial charge in [-0.1, -0.05) is 35.9 Å². The summed E-state index contributed by atoms with van der Waals surface area (Å²) >= 11 is 0. The molecule has 1 heterocycles. The fraction of sp³-hybridized carbons (Fsp3) is 0.364. The third-order valence-corrected chi connectivity index (χ3v) is 5.00. The Morgan fingerprint density at radius 1 is 1.07 bits per heavy atom. The second kappa shape index (κ2) is 8.78. The minimum absolute atomic E-state index is 0.0618. The van der Waals surface area contributed by atoms with E-state index >= 15 is 0 Å². The molecule has 148 valence electrons. The van der Waals surface area contributed by atoms with Gasteiger partial charge in [0.2, 0.25) is 5.91 Å². The van der Waals surface area contributed by atoms with Gasteiger partial charge in [-0.3, -0.25) is 4.79 Å². The number of anilines is 2. The van der Waals surface area contributed by atoms with E-state index in [9.17, 15) is 9.59 Å². The molecule has 2 aromatic rings. The molecular weight excluding hydrogens is 352 g/mol. The average molecular weight is 380 g/mol. The minimum Gasteiger partial charge on any atom is -0.369 e. The molecule has 0 aliphatic carbocycles. The lowest BCUT2D eigenvalue weighted by atomic mass is 10.1. The highest BCUT2D eigenvalue weighted by atomic mass is 16.2. The van der Waals surface area contributed by atoms with Crippen LogP contribution in [0, 0.1) is 20.8 Å². The van der Waals surface area contributed by atoms with Crippen molar-refractivity contribution in [2.45, 2.75) is 33.2 Å². The maximum Gasteiger partial charge on any atom is 0.315 e. The summed E-state index contributed by atoms with van der Waals surface area (Å²) in [5.41, 5.74) is 5.17. The number of nitrogens with one attached hydrogen (secondary N) is 3. The summed E-state index contributed by atoms with van der Waals surface area (Å²) < 4.78 is 0. The van der Waals surface area contributed by atoms with Gasteiger partial charge in [0.25, 0.3) is 0 Å². The van der Waals surface area contributed by atoms with Crippen LogP contribution in [0.2, 0.25) is 0 Å². The minimum atomic E-state index is -0.313. The highest BCUT2D eigenvalue weighted by molar-refractivity contribution is 5.95. The number of hydrogen-bond donors (Lipinski definition) is 3. The van der Waals surface area contributed by atoms with Crippen LogP contribution < -0.4 is 20.9 Å². The van der Waals surface area contributed by atoms with Crippen molar-refractivity contribution in [3.05, 3.63) is 59.2 Å². The molecule has 1 aliphatic rings. The Kier molecular flexibility index (Phi) is 6.19. The van der Waals surface area contributed by atoms with Gasteiger partial charge in [0.1, 0.15) is 0 Å². The van der Waals surface area contributed by atoms with Gasteiger partial charge >= 0.3 is 6.03 Å². The molecule has 0 spiro atoms. The number of benzene rings is 2. The summed E-state index contributed by atoms with van der Waals surface area (Å²) in [6, 6.07) is 14.0. The zero-order valence-electron chi connectivity index (χ0n) is 16.7. The Morgan fingerprint density at radius 3 is 2.43 bits per heavy atom. The molecule has 3 N–H and O–H groups in total. The first kappa shape index (κ1) is 19.7. The van der Waals surface area contributed by atoms with Gasteiger partial charge in [-0.25, -0.2) is 4.79 Å². The zero-order chi connectivity index (χ0) is 20.1. The number of amides is 3. The van der Waals surface area contributed by atoms with Crippen LogP contribution in [0.4, 0.5) is 16.2 Å². The summed E-state index contributed by atoms with van der Waals surface area (Å²) in [7, 11) is 0. The topological polar surface area (TPSA) is 73.5 Å². The average Bonchev–Trinajstić information content (AvgIpc) is 3.12. The van der Waals surface area contributed by atoms with Gasteiger partial charge < -0.3 is 20.9 Å². The molecule has 0 radical (unpaired) electrons. The summed E-state index contributed by atoms with van der Waals surface area (Å²) in [6.07, 6.45) is 0.885. The maximum absolute atomic E-state index is 12.2. The fourth-order valence-corrected chi connectivity index (χ4v) is 3.71. The lowest BCUT2D eigenvalue weighted by molar-refractivity contribution is -0.115. The summed E-state index contributed by atoms with van der Waals surface area (Å²) in [6.45, 7) is 7.57.